The highest BCUT2D eigenvalue weighted by atomic mass is 28.4. The van der Waals surface area contributed by atoms with Crippen molar-refractivity contribution in [1.29, 1.82) is 0 Å². The second-order valence-corrected chi connectivity index (χ2v) is 17.5. The van der Waals surface area contributed by atoms with Gasteiger partial charge in [0, 0.05) is 6.61 Å². The summed E-state index contributed by atoms with van der Waals surface area (Å²) in [5.41, 5.74) is 0. The molecule has 0 aliphatic carbocycles. The Morgan fingerprint density at radius 2 is 0.680 bits per heavy atom. The number of hydrogen-bond donors (Lipinski definition) is 0. The zero-order valence-electron chi connectivity index (χ0n) is 31.7. The van der Waals surface area contributed by atoms with E-state index in [2.05, 4.69) is 88.4 Å². The molecule has 0 radical (unpaired) electrons. The zero-order valence-corrected chi connectivity index (χ0v) is 32.7. The number of rotatable bonds is 34. The molecule has 0 aromatic heterocycles. The minimum atomic E-state index is -2.53. The van der Waals surface area contributed by atoms with E-state index in [1.54, 1.807) is 0 Å². The van der Waals surface area contributed by atoms with E-state index < -0.39 is 8.32 Å². The van der Waals surface area contributed by atoms with Crippen LogP contribution in [-0.4, -0.2) is 121 Å². The van der Waals surface area contributed by atoms with Crippen molar-refractivity contribution in [2.75, 3.05) is 112 Å². The Kier molecular flexibility index (Phi) is 26.5. The number of ether oxygens (including phenoxy) is 8. The van der Waals surface area contributed by atoms with E-state index in [0.717, 1.165) is 13.0 Å². The third-order valence-electron chi connectivity index (χ3n) is 8.21. The number of unbranched alkanes of at least 4 members (excludes halogenated alkanes) is 5. The molecule has 0 unspecified atom stereocenters. The third-order valence-corrected chi connectivity index (χ3v) is 13.3. The molecule has 0 spiro atoms. The van der Waals surface area contributed by atoms with E-state index in [-0.39, 0.29) is 5.04 Å². The van der Waals surface area contributed by atoms with E-state index in [4.69, 9.17) is 42.3 Å². The molecule has 0 amide bonds. The molecule has 0 atom stereocenters. The van der Waals surface area contributed by atoms with Crippen LogP contribution in [0.1, 0.15) is 66.2 Å². The highest BCUT2D eigenvalue weighted by Gasteiger charge is 2.50. The lowest BCUT2D eigenvalue weighted by Crippen LogP contribution is -2.66. The molecule has 0 saturated heterocycles. The van der Waals surface area contributed by atoms with Gasteiger partial charge in [0.1, 0.15) is 0 Å². The molecule has 0 N–H and O–H groups in total. The van der Waals surface area contributed by atoms with E-state index in [9.17, 15) is 0 Å². The average Bonchev–Trinajstić information content (AvgIpc) is 3.12. The lowest BCUT2D eigenvalue weighted by Gasteiger charge is -2.43. The summed E-state index contributed by atoms with van der Waals surface area (Å²) in [4.78, 5) is 0. The summed E-state index contributed by atoms with van der Waals surface area (Å²) >= 11 is 0. The van der Waals surface area contributed by atoms with Gasteiger partial charge in [0.25, 0.3) is 8.32 Å². The van der Waals surface area contributed by atoms with Gasteiger partial charge in [0.15, 0.2) is 0 Å². The average molecular weight is 721 g/mol. The summed E-state index contributed by atoms with van der Waals surface area (Å²) < 4.78 is 51.7. The smallest absolute Gasteiger partial charge is 0.261 e. The summed E-state index contributed by atoms with van der Waals surface area (Å²) in [5.74, 6) is 0. The predicted molar refractivity (Wildman–Crippen MR) is 204 cm³/mol. The normalized spacial score (nSPS) is 12.2. The van der Waals surface area contributed by atoms with Gasteiger partial charge in [0.2, 0.25) is 0 Å². The fourth-order valence-corrected chi connectivity index (χ4v) is 10.2. The van der Waals surface area contributed by atoms with Crippen LogP contribution in [-0.2, 0) is 42.3 Å². The van der Waals surface area contributed by atoms with Crippen molar-refractivity contribution in [2.45, 2.75) is 71.3 Å². The summed E-state index contributed by atoms with van der Waals surface area (Å²) in [7, 11) is -2.53. The summed E-state index contributed by atoms with van der Waals surface area (Å²) in [6.45, 7) is 18.6. The van der Waals surface area contributed by atoms with Gasteiger partial charge in [-0.15, -0.1) is 0 Å². The maximum absolute atomic E-state index is 6.85. The van der Waals surface area contributed by atoms with E-state index in [1.807, 2.05) is 0 Å². The Bertz CT molecular complexity index is 967. The van der Waals surface area contributed by atoms with E-state index >= 15 is 0 Å². The lowest BCUT2D eigenvalue weighted by atomic mass is 10.1. The molecule has 2 aromatic carbocycles. The summed E-state index contributed by atoms with van der Waals surface area (Å²) in [6, 6.07) is 21.3. The molecule has 50 heavy (non-hydrogen) atoms. The molecule has 0 saturated carbocycles. The molecule has 2 aromatic rings. The molecule has 0 fully saturated rings. The van der Waals surface area contributed by atoms with Crippen LogP contribution in [0.25, 0.3) is 0 Å². The van der Waals surface area contributed by atoms with Crippen molar-refractivity contribution >= 4 is 18.7 Å². The molecule has 286 valence electrons. The van der Waals surface area contributed by atoms with Crippen LogP contribution >= 0.6 is 0 Å². The first-order valence-electron chi connectivity index (χ1n) is 18.9. The van der Waals surface area contributed by atoms with Gasteiger partial charge in [-0.05, 0) is 21.8 Å². The largest absolute Gasteiger partial charge is 0.405 e. The van der Waals surface area contributed by atoms with Gasteiger partial charge in [-0.1, -0.05) is 120 Å². The van der Waals surface area contributed by atoms with E-state index in [1.165, 1.54) is 42.5 Å². The summed E-state index contributed by atoms with van der Waals surface area (Å²) in [6.07, 6.45) is 7.69. The van der Waals surface area contributed by atoms with E-state index in [0.29, 0.717) is 106 Å². The molecule has 0 aliphatic heterocycles. The molecular formula is C40H68O9Si. The van der Waals surface area contributed by atoms with Gasteiger partial charge < -0.3 is 42.3 Å². The topological polar surface area (TPSA) is 83.1 Å². The Morgan fingerprint density at radius 1 is 0.380 bits per heavy atom. The molecule has 0 bridgehead atoms. The first-order chi connectivity index (χ1) is 24.5. The number of hydrogen-bond acceptors (Lipinski definition) is 9. The molecular weight excluding hydrogens is 653 g/mol. The third kappa shape index (κ3) is 19.8. The fourth-order valence-electron chi connectivity index (χ4n) is 5.64. The van der Waals surface area contributed by atoms with Crippen LogP contribution in [0.4, 0.5) is 0 Å². The van der Waals surface area contributed by atoms with Crippen molar-refractivity contribution in [1.82, 2.24) is 0 Å². The maximum atomic E-state index is 6.85. The van der Waals surface area contributed by atoms with Crippen LogP contribution in [0.5, 0.6) is 0 Å². The Morgan fingerprint density at radius 3 is 1.02 bits per heavy atom. The van der Waals surface area contributed by atoms with Crippen LogP contribution in [0.2, 0.25) is 5.04 Å². The minimum absolute atomic E-state index is 0.0496. The second-order valence-electron chi connectivity index (χ2n) is 13.2. The van der Waals surface area contributed by atoms with Gasteiger partial charge >= 0.3 is 0 Å². The van der Waals surface area contributed by atoms with Crippen molar-refractivity contribution in [3.05, 3.63) is 60.7 Å². The molecule has 2 rings (SSSR count). The monoisotopic (exact) mass is 720 g/mol. The second kappa shape index (κ2) is 29.8. The van der Waals surface area contributed by atoms with Crippen LogP contribution in [0.3, 0.4) is 0 Å². The van der Waals surface area contributed by atoms with Crippen LogP contribution in [0.15, 0.2) is 60.7 Å². The van der Waals surface area contributed by atoms with Gasteiger partial charge in [0.05, 0.1) is 106 Å². The number of benzene rings is 2. The highest BCUT2D eigenvalue weighted by molar-refractivity contribution is 6.99. The SMILES string of the molecule is CCCCCCCCOCCOCCOCCOCCOCCOCCOCCOCCO[Si](c1ccccc1)(c1ccccc1)C(C)(C)C. The van der Waals surface area contributed by atoms with Crippen molar-refractivity contribution < 1.29 is 42.3 Å². The van der Waals surface area contributed by atoms with Gasteiger partial charge in [-0.25, -0.2) is 0 Å². The Labute approximate surface area is 304 Å². The first kappa shape index (κ1) is 44.5. The van der Waals surface area contributed by atoms with Crippen LogP contribution < -0.4 is 10.4 Å². The predicted octanol–water partition coefficient (Wildman–Crippen LogP) is 6.06. The van der Waals surface area contributed by atoms with Gasteiger partial charge in [-0.3, -0.25) is 0 Å². The molecule has 0 heterocycles. The first-order valence-corrected chi connectivity index (χ1v) is 20.8. The quantitative estimate of drug-likeness (QED) is 0.0634. The maximum Gasteiger partial charge on any atom is 0.261 e. The molecule has 10 heteroatoms. The minimum Gasteiger partial charge on any atom is -0.405 e. The van der Waals surface area contributed by atoms with Crippen LogP contribution in [0, 0.1) is 0 Å². The molecule has 0 aliphatic rings. The van der Waals surface area contributed by atoms with Crippen molar-refractivity contribution in [3.8, 4) is 0 Å². The van der Waals surface area contributed by atoms with Crippen molar-refractivity contribution in [3.63, 3.8) is 0 Å². The lowest BCUT2D eigenvalue weighted by molar-refractivity contribution is -0.0237. The fraction of sp³-hybridized carbons (Fsp3) is 0.700. The van der Waals surface area contributed by atoms with Crippen molar-refractivity contribution in [2.24, 2.45) is 0 Å². The Balaban J connectivity index is 1.34. The zero-order chi connectivity index (χ0) is 35.9. The standard InChI is InChI=1S/C40H68O9Si/c1-5-6-7-8-9-16-21-41-22-23-42-24-25-43-26-27-44-28-29-45-30-31-46-32-33-47-34-35-48-36-37-49-50(40(2,3)4,38-17-12-10-13-18-38)39-19-14-11-15-20-39/h10-15,17-20H,5-9,16,21-37H2,1-4H3. The molecule has 9 nitrogen and oxygen atoms in total. The summed E-state index contributed by atoms with van der Waals surface area (Å²) in [5, 5.41) is 2.50. The van der Waals surface area contributed by atoms with Gasteiger partial charge in [-0.2, -0.15) is 0 Å². The Hall–Kier alpha value is -1.70. The highest BCUT2D eigenvalue weighted by Crippen LogP contribution is 2.36.